The van der Waals surface area contributed by atoms with E-state index in [9.17, 15) is 25.2 Å². The van der Waals surface area contributed by atoms with Crippen molar-refractivity contribution < 1.29 is 25.2 Å². The van der Waals surface area contributed by atoms with Crippen LogP contribution in [0.25, 0.3) is 0 Å². The van der Waals surface area contributed by atoms with Crippen LogP contribution in [0.3, 0.4) is 0 Å². The van der Waals surface area contributed by atoms with Gasteiger partial charge in [0.2, 0.25) is 0 Å². The van der Waals surface area contributed by atoms with E-state index in [0.29, 0.717) is 42.6 Å². The normalized spacial score (nSPS) is 50.7. The molecule has 5 nitrogen and oxygen atoms in total. The van der Waals surface area contributed by atoms with Gasteiger partial charge in [0, 0.05) is 23.7 Å². The zero-order chi connectivity index (χ0) is 24.1. The maximum Gasteiger partial charge on any atom is 0.170 e. The van der Waals surface area contributed by atoms with Crippen LogP contribution in [0, 0.1) is 40.4 Å². The van der Waals surface area contributed by atoms with Crippen LogP contribution in [0.15, 0.2) is 23.3 Å². The average molecular weight is 459 g/mol. The Hall–Kier alpha value is -1.01. The molecule has 5 heteroatoms. The lowest BCUT2D eigenvalue weighted by Crippen LogP contribution is -2.70. The van der Waals surface area contributed by atoms with Crippen molar-refractivity contribution in [3.8, 4) is 0 Å². The highest BCUT2D eigenvalue weighted by Crippen LogP contribution is 2.70. The van der Waals surface area contributed by atoms with Gasteiger partial charge >= 0.3 is 0 Å². The van der Waals surface area contributed by atoms with Crippen LogP contribution >= 0.6 is 0 Å². The Balaban J connectivity index is 1.62. The van der Waals surface area contributed by atoms with Crippen LogP contribution in [-0.2, 0) is 4.79 Å². The lowest BCUT2D eigenvalue weighted by Gasteiger charge is -2.60. The Bertz CT molecular complexity index is 921. The lowest BCUT2D eigenvalue weighted by molar-refractivity contribution is -0.199. The van der Waals surface area contributed by atoms with Crippen molar-refractivity contribution in [2.45, 2.75) is 103 Å². The second kappa shape index (κ2) is 7.25. The van der Waals surface area contributed by atoms with Crippen LogP contribution in [0.5, 0.6) is 0 Å². The molecule has 3 fully saturated rings. The van der Waals surface area contributed by atoms with Gasteiger partial charge in [-0.3, -0.25) is 4.79 Å². The van der Waals surface area contributed by atoms with Crippen molar-refractivity contribution in [1.82, 2.24) is 0 Å². The number of hydrogen-bond donors (Lipinski definition) is 4. The molecule has 4 N–H and O–H groups in total. The van der Waals surface area contributed by atoms with Crippen molar-refractivity contribution in [1.29, 1.82) is 0 Å². The van der Waals surface area contributed by atoms with Crippen LogP contribution in [0.2, 0.25) is 0 Å². The third kappa shape index (κ3) is 2.77. The molecule has 0 saturated heterocycles. The smallest absolute Gasteiger partial charge is 0.170 e. The van der Waals surface area contributed by atoms with E-state index in [1.54, 1.807) is 6.08 Å². The molecular formula is C28H42O5. The Morgan fingerprint density at radius 1 is 1.12 bits per heavy atom. The van der Waals surface area contributed by atoms with Crippen molar-refractivity contribution >= 4 is 5.78 Å². The quantitative estimate of drug-likeness (QED) is 0.519. The molecule has 5 rings (SSSR count). The molecule has 0 heterocycles. The number of hydrogen-bond acceptors (Lipinski definition) is 5. The summed E-state index contributed by atoms with van der Waals surface area (Å²) < 4.78 is 0. The fourth-order valence-corrected chi connectivity index (χ4v) is 8.86. The molecule has 0 unspecified atom stereocenters. The second-order valence-corrected chi connectivity index (χ2v) is 12.8. The van der Waals surface area contributed by atoms with E-state index in [1.807, 2.05) is 13.0 Å². The minimum atomic E-state index is -1.72. The third-order valence-corrected chi connectivity index (χ3v) is 11.4. The number of aliphatic hydroxyl groups is 4. The molecule has 0 amide bonds. The van der Waals surface area contributed by atoms with Gasteiger partial charge in [0.15, 0.2) is 11.4 Å². The minimum Gasteiger partial charge on any atom is -0.393 e. The first-order chi connectivity index (χ1) is 15.3. The number of Topliss-reactive ketones (excluding diaryl/α,β-unsaturated/α-hetero) is 1. The highest BCUT2D eigenvalue weighted by molar-refractivity contribution is 5.96. The molecule has 0 radical (unpaired) electrons. The monoisotopic (exact) mass is 458 g/mol. The molecule has 10 atom stereocenters. The predicted octanol–water partition coefficient (Wildman–Crippen LogP) is 3.54. The van der Waals surface area contributed by atoms with Gasteiger partial charge in [-0.05, 0) is 67.3 Å². The largest absolute Gasteiger partial charge is 0.393 e. The van der Waals surface area contributed by atoms with Crippen LogP contribution in [-0.4, -0.2) is 49.6 Å². The van der Waals surface area contributed by atoms with Gasteiger partial charge in [-0.15, -0.1) is 0 Å². The Kier molecular flexibility index (Phi) is 5.21. The zero-order valence-electron chi connectivity index (χ0n) is 20.8. The molecule has 0 bridgehead atoms. The first-order valence-corrected chi connectivity index (χ1v) is 13.1. The molecule has 184 valence electrons. The van der Waals surface area contributed by atoms with Crippen molar-refractivity contribution in [3.63, 3.8) is 0 Å². The van der Waals surface area contributed by atoms with Crippen LogP contribution in [0.1, 0.15) is 79.6 Å². The summed E-state index contributed by atoms with van der Waals surface area (Å²) in [6.45, 7) is 10.5. The van der Waals surface area contributed by atoms with E-state index in [0.717, 1.165) is 19.3 Å². The fraction of sp³-hybridized carbons (Fsp3) is 0.821. The van der Waals surface area contributed by atoms with Crippen molar-refractivity contribution in [3.05, 3.63) is 23.3 Å². The molecule has 5 aliphatic rings. The molecule has 0 aliphatic heterocycles. The maximum absolute atomic E-state index is 14.0. The molecule has 0 aromatic rings. The molecule has 3 saturated carbocycles. The molecule has 5 aliphatic carbocycles. The summed E-state index contributed by atoms with van der Waals surface area (Å²) in [7, 11) is 0. The maximum atomic E-state index is 14.0. The Morgan fingerprint density at radius 3 is 2.48 bits per heavy atom. The minimum absolute atomic E-state index is 0.143. The predicted molar refractivity (Wildman–Crippen MR) is 126 cm³/mol. The van der Waals surface area contributed by atoms with E-state index in [2.05, 4.69) is 27.7 Å². The number of allylic oxidation sites excluding steroid dienone is 1. The van der Waals surface area contributed by atoms with E-state index < -0.39 is 28.8 Å². The third-order valence-electron chi connectivity index (χ3n) is 11.4. The van der Waals surface area contributed by atoms with Gasteiger partial charge in [0.05, 0.1) is 17.8 Å². The van der Waals surface area contributed by atoms with Crippen molar-refractivity contribution in [2.75, 3.05) is 0 Å². The molecular weight excluding hydrogens is 416 g/mol. The Labute approximate surface area is 198 Å². The van der Waals surface area contributed by atoms with Gasteiger partial charge in [-0.25, -0.2) is 0 Å². The van der Waals surface area contributed by atoms with E-state index >= 15 is 0 Å². The molecule has 0 aromatic heterocycles. The van der Waals surface area contributed by atoms with Crippen LogP contribution < -0.4 is 0 Å². The molecule has 33 heavy (non-hydrogen) atoms. The number of ketones is 1. The van der Waals surface area contributed by atoms with E-state index in [4.69, 9.17) is 0 Å². The average Bonchev–Trinajstić information content (AvgIpc) is 3.23. The summed E-state index contributed by atoms with van der Waals surface area (Å²) in [5, 5.41) is 45.2. The fourth-order valence-electron chi connectivity index (χ4n) is 8.86. The first-order valence-electron chi connectivity index (χ1n) is 13.1. The van der Waals surface area contributed by atoms with E-state index in [-0.39, 0.29) is 29.5 Å². The summed E-state index contributed by atoms with van der Waals surface area (Å²) >= 11 is 0. The summed E-state index contributed by atoms with van der Waals surface area (Å²) in [5.74, 6) is 1.20. The first kappa shape index (κ1) is 23.7. The summed E-state index contributed by atoms with van der Waals surface area (Å²) in [6, 6.07) is 0. The summed E-state index contributed by atoms with van der Waals surface area (Å²) in [6.07, 6.45) is 6.47. The number of fused-ring (bicyclic) bond motifs is 3. The topological polar surface area (TPSA) is 98.0 Å². The van der Waals surface area contributed by atoms with Gasteiger partial charge in [0.1, 0.15) is 0 Å². The second-order valence-electron chi connectivity index (χ2n) is 12.8. The Morgan fingerprint density at radius 2 is 1.82 bits per heavy atom. The SMILES string of the molecule is CC(C)[C@H](C)[C@H](O)[C@@H]1C[C@]23CC(=O)[C@]4(O)C(=C2CC[C@@H]3[C@@H]1C)C=C[C@]1(O)C[C@H](O)CC[C@]41C. The number of aliphatic hydroxyl groups excluding tert-OH is 2. The van der Waals surface area contributed by atoms with E-state index in [1.165, 1.54) is 5.57 Å². The summed E-state index contributed by atoms with van der Waals surface area (Å²) in [5.41, 5.74) is -2.57. The van der Waals surface area contributed by atoms with Gasteiger partial charge < -0.3 is 20.4 Å². The molecule has 1 spiro atoms. The lowest BCUT2D eigenvalue weighted by atomic mass is 9.46. The number of carbonyl (C=O) groups excluding carboxylic acids is 1. The standard InChI is InChI=1S/C28H42O5/c1-15(2)16(3)24(31)19-13-26-14-23(30)28(33)22(21(26)7-6-20(26)17(19)4)9-11-27(32)12-18(29)8-10-25(27,28)5/h9,11,15-20,24,29,31-33H,6-8,10,12-14H2,1-5H3/t16-,17+,18+,19+,20+,24-,25-,26+,27-,28+/m0/s1. The number of rotatable bonds is 3. The van der Waals surface area contributed by atoms with Gasteiger partial charge in [-0.1, -0.05) is 52.3 Å². The highest BCUT2D eigenvalue weighted by atomic mass is 16.3. The highest BCUT2D eigenvalue weighted by Gasteiger charge is 2.72. The summed E-state index contributed by atoms with van der Waals surface area (Å²) in [4.78, 5) is 14.0. The van der Waals surface area contributed by atoms with Crippen LogP contribution in [0.4, 0.5) is 0 Å². The number of carbonyl (C=O) groups is 1. The van der Waals surface area contributed by atoms with Gasteiger partial charge in [-0.2, -0.15) is 0 Å². The zero-order valence-corrected chi connectivity index (χ0v) is 20.8. The molecule has 0 aromatic carbocycles. The van der Waals surface area contributed by atoms with Crippen molar-refractivity contribution in [2.24, 2.45) is 40.4 Å². The van der Waals surface area contributed by atoms with Gasteiger partial charge in [0.25, 0.3) is 0 Å².